The molecule has 1 aliphatic heterocycles. The van der Waals surface area contributed by atoms with Gasteiger partial charge in [0.25, 0.3) is 0 Å². The number of carbonyl (C=O) groups is 1. The fraction of sp³-hybridized carbons (Fsp3) is 0.682. The predicted molar refractivity (Wildman–Crippen MR) is 105 cm³/mol. The first-order valence-corrected chi connectivity index (χ1v) is 10.2. The summed E-state index contributed by atoms with van der Waals surface area (Å²) >= 11 is 0. The number of nitrogens with zero attached hydrogens (tertiary/aromatic N) is 2. The topological polar surface area (TPSA) is 32.8 Å². The van der Waals surface area contributed by atoms with Crippen molar-refractivity contribution in [2.24, 2.45) is 0 Å². The third-order valence-corrected chi connectivity index (χ3v) is 6.00. The highest BCUT2D eigenvalue weighted by Gasteiger charge is 2.43. The van der Waals surface area contributed by atoms with Gasteiger partial charge in [0.2, 0.25) is 5.91 Å². The van der Waals surface area contributed by atoms with Crippen LogP contribution in [0, 0.1) is 0 Å². The monoisotopic (exact) mass is 358 g/mol. The molecule has 1 atom stereocenters. The van der Waals surface area contributed by atoms with Gasteiger partial charge in [0, 0.05) is 26.2 Å². The molecule has 1 saturated carbocycles. The van der Waals surface area contributed by atoms with E-state index in [-0.39, 0.29) is 11.5 Å². The van der Waals surface area contributed by atoms with Gasteiger partial charge in [0.1, 0.15) is 0 Å². The van der Waals surface area contributed by atoms with E-state index in [9.17, 15) is 4.79 Å². The maximum atomic E-state index is 13.9. The molecule has 0 N–H and O–H groups in total. The molecule has 0 radical (unpaired) electrons. The molecule has 1 aromatic carbocycles. The van der Waals surface area contributed by atoms with E-state index >= 15 is 0 Å². The molecular formula is C22H34N2O2. The number of amides is 1. The molecule has 2 fully saturated rings. The molecule has 1 aliphatic carbocycles. The number of likely N-dealkylation sites (N-methyl/N-ethyl adjacent to an activating group) is 1. The van der Waals surface area contributed by atoms with Crippen LogP contribution in [0.4, 0.5) is 0 Å². The Labute approximate surface area is 158 Å². The van der Waals surface area contributed by atoms with Crippen molar-refractivity contribution >= 4 is 5.91 Å². The molecule has 1 amide bonds. The number of rotatable bonds is 7. The van der Waals surface area contributed by atoms with E-state index in [1.54, 1.807) is 0 Å². The molecule has 0 spiro atoms. The molecule has 0 bridgehead atoms. The van der Waals surface area contributed by atoms with Crippen LogP contribution in [-0.4, -0.2) is 62.1 Å². The molecule has 1 aromatic rings. The van der Waals surface area contributed by atoms with E-state index in [1.165, 1.54) is 12.0 Å². The van der Waals surface area contributed by atoms with E-state index in [0.717, 1.165) is 64.8 Å². The van der Waals surface area contributed by atoms with Crippen molar-refractivity contribution in [1.29, 1.82) is 0 Å². The molecule has 2 aliphatic rings. The van der Waals surface area contributed by atoms with Crippen LogP contribution in [0.2, 0.25) is 0 Å². The zero-order valence-electron chi connectivity index (χ0n) is 16.5. The minimum atomic E-state index is -0.343. The molecule has 1 saturated heterocycles. The molecule has 4 nitrogen and oxygen atoms in total. The molecule has 4 heteroatoms. The van der Waals surface area contributed by atoms with Crippen LogP contribution in [-0.2, 0) is 14.9 Å². The largest absolute Gasteiger partial charge is 0.376 e. The Balaban J connectivity index is 1.84. The van der Waals surface area contributed by atoms with Crippen LogP contribution in [0.1, 0.15) is 50.5 Å². The maximum Gasteiger partial charge on any atom is 0.233 e. The molecular weight excluding hydrogens is 324 g/mol. The summed E-state index contributed by atoms with van der Waals surface area (Å²) in [5, 5.41) is 0. The summed E-state index contributed by atoms with van der Waals surface area (Å²) in [7, 11) is 4.14. The highest BCUT2D eigenvalue weighted by Crippen LogP contribution is 2.41. The van der Waals surface area contributed by atoms with Crippen LogP contribution in [0.25, 0.3) is 0 Å². The lowest BCUT2D eigenvalue weighted by molar-refractivity contribution is -0.140. The Morgan fingerprint density at radius 2 is 1.81 bits per heavy atom. The van der Waals surface area contributed by atoms with Crippen LogP contribution in [0.3, 0.4) is 0 Å². The first-order chi connectivity index (χ1) is 12.6. The first-order valence-electron chi connectivity index (χ1n) is 10.2. The van der Waals surface area contributed by atoms with Crippen molar-refractivity contribution in [2.45, 2.75) is 56.5 Å². The number of benzene rings is 1. The fourth-order valence-corrected chi connectivity index (χ4v) is 4.47. The molecule has 3 rings (SSSR count). The normalized spacial score (nSPS) is 22.5. The lowest BCUT2D eigenvalue weighted by Crippen LogP contribution is -2.51. The minimum absolute atomic E-state index is 0.206. The molecule has 144 valence electrons. The summed E-state index contributed by atoms with van der Waals surface area (Å²) in [4.78, 5) is 18.1. The molecule has 0 aromatic heterocycles. The van der Waals surface area contributed by atoms with Gasteiger partial charge >= 0.3 is 0 Å². The number of hydrogen-bond acceptors (Lipinski definition) is 3. The van der Waals surface area contributed by atoms with Crippen LogP contribution >= 0.6 is 0 Å². The zero-order chi connectivity index (χ0) is 18.4. The van der Waals surface area contributed by atoms with Gasteiger partial charge in [-0.25, -0.2) is 0 Å². The fourth-order valence-electron chi connectivity index (χ4n) is 4.47. The zero-order valence-corrected chi connectivity index (χ0v) is 16.5. The average molecular weight is 359 g/mol. The third-order valence-electron chi connectivity index (χ3n) is 6.00. The van der Waals surface area contributed by atoms with Crippen molar-refractivity contribution in [3.63, 3.8) is 0 Å². The van der Waals surface area contributed by atoms with Gasteiger partial charge in [-0.15, -0.1) is 0 Å². The van der Waals surface area contributed by atoms with Crippen LogP contribution < -0.4 is 0 Å². The van der Waals surface area contributed by atoms with Crippen LogP contribution in [0.5, 0.6) is 0 Å². The van der Waals surface area contributed by atoms with Crippen molar-refractivity contribution in [2.75, 3.05) is 40.3 Å². The van der Waals surface area contributed by atoms with Gasteiger partial charge in [-0.2, -0.15) is 0 Å². The summed E-state index contributed by atoms with van der Waals surface area (Å²) in [5.41, 5.74) is 0.858. The second-order valence-electron chi connectivity index (χ2n) is 8.20. The van der Waals surface area contributed by atoms with Crippen molar-refractivity contribution < 1.29 is 9.53 Å². The van der Waals surface area contributed by atoms with Gasteiger partial charge < -0.3 is 14.5 Å². The van der Waals surface area contributed by atoms with Gasteiger partial charge in [0.05, 0.1) is 11.5 Å². The summed E-state index contributed by atoms with van der Waals surface area (Å²) in [6, 6.07) is 10.5. The van der Waals surface area contributed by atoms with Crippen molar-refractivity contribution in [1.82, 2.24) is 9.80 Å². The SMILES string of the molecule is CN(C)CCN(CC1CCCO1)C(=O)C1(c2ccccc2)CCCCC1. The van der Waals surface area contributed by atoms with Crippen LogP contribution in [0.15, 0.2) is 30.3 Å². The van der Waals surface area contributed by atoms with Crippen molar-refractivity contribution in [3.05, 3.63) is 35.9 Å². The number of ether oxygens (including phenoxy) is 1. The molecule has 1 heterocycles. The van der Waals surface area contributed by atoms with Gasteiger partial charge in [0.15, 0.2) is 0 Å². The standard InChI is InChI=1S/C22H34N2O2/c1-23(2)15-16-24(18-20-12-9-17-26-20)21(25)22(13-7-4-8-14-22)19-10-5-3-6-11-19/h3,5-6,10-11,20H,4,7-9,12-18H2,1-2H3. The summed E-state index contributed by atoms with van der Waals surface area (Å²) < 4.78 is 5.86. The van der Waals surface area contributed by atoms with E-state index in [2.05, 4.69) is 48.2 Å². The van der Waals surface area contributed by atoms with E-state index in [4.69, 9.17) is 4.74 Å². The van der Waals surface area contributed by atoms with E-state index in [0.29, 0.717) is 5.91 Å². The van der Waals surface area contributed by atoms with Gasteiger partial charge in [-0.3, -0.25) is 4.79 Å². The summed E-state index contributed by atoms with van der Waals surface area (Å²) in [6.07, 6.45) is 7.86. The first kappa shape index (κ1) is 19.4. The number of hydrogen-bond donors (Lipinski definition) is 0. The summed E-state index contributed by atoms with van der Waals surface area (Å²) in [5.74, 6) is 0.320. The lowest BCUT2D eigenvalue weighted by atomic mass is 9.68. The highest BCUT2D eigenvalue weighted by molar-refractivity contribution is 5.88. The maximum absolute atomic E-state index is 13.9. The minimum Gasteiger partial charge on any atom is -0.376 e. The average Bonchev–Trinajstić information content (AvgIpc) is 3.19. The summed E-state index contributed by atoms with van der Waals surface area (Å²) in [6.45, 7) is 3.25. The lowest BCUT2D eigenvalue weighted by Gasteiger charge is -2.41. The Morgan fingerprint density at radius 1 is 1.08 bits per heavy atom. The second kappa shape index (κ2) is 9.01. The van der Waals surface area contributed by atoms with E-state index < -0.39 is 0 Å². The Hall–Kier alpha value is -1.39. The smallest absolute Gasteiger partial charge is 0.233 e. The molecule has 1 unspecified atom stereocenters. The Bertz CT molecular complexity index is 561. The second-order valence-corrected chi connectivity index (χ2v) is 8.20. The molecule has 26 heavy (non-hydrogen) atoms. The van der Waals surface area contributed by atoms with E-state index in [1.807, 2.05) is 6.07 Å². The Morgan fingerprint density at radius 3 is 2.42 bits per heavy atom. The predicted octanol–water partition coefficient (Wildman–Crippen LogP) is 3.46. The van der Waals surface area contributed by atoms with Crippen molar-refractivity contribution in [3.8, 4) is 0 Å². The highest BCUT2D eigenvalue weighted by atomic mass is 16.5. The number of carbonyl (C=O) groups excluding carboxylic acids is 1. The van der Waals surface area contributed by atoms with Gasteiger partial charge in [-0.1, -0.05) is 49.6 Å². The Kier molecular flexibility index (Phi) is 6.71. The third kappa shape index (κ3) is 4.47. The van der Waals surface area contributed by atoms with Gasteiger partial charge in [-0.05, 0) is 45.3 Å². The quantitative estimate of drug-likeness (QED) is 0.748.